The van der Waals surface area contributed by atoms with Gasteiger partial charge in [0.25, 0.3) is 0 Å². The number of likely N-dealkylation sites (tertiary alicyclic amines) is 1. The van der Waals surface area contributed by atoms with E-state index < -0.39 is 0 Å². The number of rotatable bonds is 6. The number of hydrogen-bond donors (Lipinski definition) is 1. The molecule has 0 radical (unpaired) electrons. The van der Waals surface area contributed by atoms with Gasteiger partial charge in [0.1, 0.15) is 11.6 Å². The van der Waals surface area contributed by atoms with Gasteiger partial charge in [0.05, 0.1) is 13.7 Å². The lowest BCUT2D eigenvalue weighted by atomic mass is 10.0. The molecule has 0 saturated carbocycles. The van der Waals surface area contributed by atoms with E-state index in [0.717, 1.165) is 48.8 Å². The summed E-state index contributed by atoms with van der Waals surface area (Å²) in [5.41, 5.74) is 3.52. The minimum absolute atomic E-state index is 0.258. The SMILES string of the molecule is COc1ccc(-c2nccn2CCN2CCCC[C@H]2CO)c(C)c1C. The quantitative estimate of drug-likeness (QED) is 0.876. The van der Waals surface area contributed by atoms with Gasteiger partial charge in [0.15, 0.2) is 0 Å². The van der Waals surface area contributed by atoms with Crippen LogP contribution in [-0.2, 0) is 6.54 Å². The van der Waals surface area contributed by atoms with E-state index in [9.17, 15) is 5.11 Å². The Morgan fingerprint density at radius 2 is 2.04 bits per heavy atom. The van der Waals surface area contributed by atoms with Crippen LogP contribution in [0.25, 0.3) is 11.4 Å². The van der Waals surface area contributed by atoms with Crippen LogP contribution in [0.1, 0.15) is 30.4 Å². The summed E-state index contributed by atoms with van der Waals surface area (Å²) in [6, 6.07) is 4.42. The van der Waals surface area contributed by atoms with Crippen molar-refractivity contribution in [1.29, 1.82) is 0 Å². The second-order valence-corrected chi connectivity index (χ2v) is 6.88. The van der Waals surface area contributed by atoms with Crippen molar-refractivity contribution in [3.8, 4) is 17.1 Å². The van der Waals surface area contributed by atoms with Gasteiger partial charge in [0, 0.05) is 37.1 Å². The zero-order valence-electron chi connectivity index (χ0n) is 15.5. The topological polar surface area (TPSA) is 50.5 Å². The summed E-state index contributed by atoms with van der Waals surface area (Å²) in [4.78, 5) is 7.02. The molecule has 1 fully saturated rings. The first kappa shape index (κ1) is 18.0. The number of piperidine rings is 1. The molecule has 1 aromatic heterocycles. The van der Waals surface area contributed by atoms with Gasteiger partial charge in [-0.25, -0.2) is 4.98 Å². The molecule has 1 aliphatic heterocycles. The van der Waals surface area contributed by atoms with Crippen molar-refractivity contribution in [2.75, 3.05) is 26.8 Å². The van der Waals surface area contributed by atoms with E-state index in [1.54, 1.807) is 7.11 Å². The highest BCUT2D eigenvalue weighted by Crippen LogP contribution is 2.30. The molecule has 1 atom stereocenters. The molecule has 5 heteroatoms. The van der Waals surface area contributed by atoms with Crippen LogP contribution in [0.15, 0.2) is 24.5 Å². The third-order valence-corrected chi connectivity index (χ3v) is 5.50. The van der Waals surface area contributed by atoms with Crippen molar-refractivity contribution >= 4 is 0 Å². The number of ether oxygens (including phenoxy) is 1. The Kier molecular flexibility index (Phi) is 5.76. The number of nitrogens with zero attached hydrogens (tertiary/aromatic N) is 3. The maximum absolute atomic E-state index is 9.59. The second kappa shape index (κ2) is 8.02. The van der Waals surface area contributed by atoms with E-state index in [1.807, 2.05) is 18.5 Å². The van der Waals surface area contributed by atoms with E-state index in [1.165, 1.54) is 18.4 Å². The van der Waals surface area contributed by atoms with Crippen LogP contribution in [0.4, 0.5) is 0 Å². The van der Waals surface area contributed by atoms with Crippen molar-refractivity contribution < 1.29 is 9.84 Å². The number of aromatic nitrogens is 2. The highest BCUT2D eigenvalue weighted by molar-refractivity contribution is 5.64. The zero-order valence-corrected chi connectivity index (χ0v) is 15.5. The Hall–Kier alpha value is -1.85. The molecule has 1 aliphatic rings. The Morgan fingerprint density at radius 3 is 2.80 bits per heavy atom. The molecule has 136 valence electrons. The molecule has 3 rings (SSSR count). The van der Waals surface area contributed by atoms with Crippen molar-refractivity contribution in [3.05, 3.63) is 35.7 Å². The van der Waals surface area contributed by atoms with E-state index in [4.69, 9.17) is 4.74 Å². The van der Waals surface area contributed by atoms with Crippen LogP contribution >= 0.6 is 0 Å². The van der Waals surface area contributed by atoms with Crippen LogP contribution in [0.3, 0.4) is 0 Å². The molecule has 0 bridgehead atoms. The van der Waals surface area contributed by atoms with E-state index in [2.05, 4.69) is 34.4 Å². The first-order valence-corrected chi connectivity index (χ1v) is 9.16. The van der Waals surface area contributed by atoms with Gasteiger partial charge in [0.2, 0.25) is 0 Å². The predicted octanol–water partition coefficient (Wildman–Crippen LogP) is 3.02. The monoisotopic (exact) mass is 343 g/mol. The maximum atomic E-state index is 9.59. The normalized spacial score (nSPS) is 18.5. The summed E-state index contributed by atoms with van der Waals surface area (Å²) in [7, 11) is 1.71. The third-order valence-electron chi connectivity index (χ3n) is 5.50. The van der Waals surface area contributed by atoms with Gasteiger partial charge in [-0.05, 0) is 56.5 Å². The lowest BCUT2D eigenvalue weighted by Gasteiger charge is -2.34. The van der Waals surface area contributed by atoms with Gasteiger partial charge in [-0.1, -0.05) is 6.42 Å². The highest BCUT2D eigenvalue weighted by Gasteiger charge is 2.21. The zero-order chi connectivity index (χ0) is 17.8. The molecule has 0 unspecified atom stereocenters. The molecule has 2 heterocycles. The smallest absolute Gasteiger partial charge is 0.140 e. The van der Waals surface area contributed by atoms with Gasteiger partial charge in [-0.3, -0.25) is 4.90 Å². The Balaban J connectivity index is 1.78. The second-order valence-electron chi connectivity index (χ2n) is 6.88. The largest absolute Gasteiger partial charge is 0.496 e. The molecule has 0 aliphatic carbocycles. The molecule has 1 aromatic carbocycles. The van der Waals surface area contributed by atoms with Gasteiger partial charge in [-0.15, -0.1) is 0 Å². The summed E-state index contributed by atoms with van der Waals surface area (Å²) < 4.78 is 7.64. The third kappa shape index (κ3) is 3.72. The lowest BCUT2D eigenvalue weighted by molar-refractivity contribution is 0.0873. The molecule has 5 nitrogen and oxygen atoms in total. The van der Waals surface area contributed by atoms with Crippen LogP contribution in [0, 0.1) is 13.8 Å². The molecular formula is C20H29N3O2. The number of aliphatic hydroxyl groups is 1. The number of aliphatic hydroxyl groups excluding tert-OH is 1. The van der Waals surface area contributed by atoms with E-state index in [0.29, 0.717) is 6.04 Å². The number of methoxy groups -OCH3 is 1. The van der Waals surface area contributed by atoms with Gasteiger partial charge in [-0.2, -0.15) is 0 Å². The number of hydrogen-bond acceptors (Lipinski definition) is 4. The molecule has 25 heavy (non-hydrogen) atoms. The Morgan fingerprint density at radius 1 is 1.20 bits per heavy atom. The summed E-state index contributed by atoms with van der Waals surface area (Å²) in [5, 5.41) is 9.59. The van der Waals surface area contributed by atoms with Crippen molar-refractivity contribution in [3.63, 3.8) is 0 Å². The predicted molar refractivity (Wildman–Crippen MR) is 100.0 cm³/mol. The summed E-state index contributed by atoms with van der Waals surface area (Å²) >= 11 is 0. The molecule has 1 N–H and O–H groups in total. The van der Waals surface area contributed by atoms with Crippen LogP contribution in [0.2, 0.25) is 0 Å². The van der Waals surface area contributed by atoms with Crippen LogP contribution < -0.4 is 4.74 Å². The van der Waals surface area contributed by atoms with Crippen molar-refractivity contribution in [1.82, 2.24) is 14.5 Å². The standard InChI is InChI=1S/C20H29N3O2/c1-15-16(2)19(25-3)8-7-18(15)20-21-9-11-23(20)13-12-22-10-5-4-6-17(22)14-24/h7-9,11,17,24H,4-6,10,12-14H2,1-3H3/t17-/m0/s1. The average Bonchev–Trinajstić information content (AvgIpc) is 3.10. The Bertz CT molecular complexity index is 711. The highest BCUT2D eigenvalue weighted by atomic mass is 16.5. The molecule has 1 saturated heterocycles. The van der Waals surface area contributed by atoms with Crippen molar-refractivity contribution in [2.24, 2.45) is 0 Å². The van der Waals surface area contributed by atoms with Gasteiger partial charge < -0.3 is 14.4 Å². The molecule has 0 spiro atoms. The fraction of sp³-hybridized carbons (Fsp3) is 0.550. The molecule has 2 aromatic rings. The van der Waals surface area contributed by atoms with Crippen LogP contribution in [0.5, 0.6) is 5.75 Å². The molecule has 0 amide bonds. The first-order valence-electron chi connectivity index (χ1n) is 9.16. The minimum Gasteiger partial charge on any atom is -0.496 e. The van der Waals surface area contributed by atoms with E-state index >= 15 is 0 Å². The summed E-state index contributed by atoms with van der Waals surface area (Å²) in [6.07, 6.45) is 7.47. The van der Waals surface area contributed by atoms with Crippen molar-refractivity contribution in [2.45, 2.75) is 45.7 Å². The van der Waals surface area contributed by atoms with Crippen LogP contribution in [-0.4, -0.2) is 52.4 Å². The maximum Gasteiger partial charge on any atom is 0.140 e. The summed E-state index contributed by atoms with van der Waals surface area (Å²) in [5.74, 6) is 1.92. The first-order chi connectivity index (χ1) is 12.2. The number of benzene rings is 1. The molecular weight excluding hydrogens is 314 g/mol. The lowest BCUT2D eigenvalue weighted by Crippen LogP contribution is -2.43. The van der Waals surface area contributed by atoms with Gasteiger partial charge >= 0.3 is 0 Å². The Labute approximate surface area is 150 Å². The number of imidazole rings is 1. The minimum atomic E-state index is 0.258. The fourth-order valence-electron chi connectivity index (χ4n) is 3.79. The van der Waals surface area contributed by atoms with E-state index in [-0.39, 0.29) is 6.61 Å². The fourth-order valence-corrected chi connectivity index (χ4v) is 3.79. The average molecular weight is 343 g/mol. The summed E-state index contributed by atoms with van der Waals surface area (Å²) in [6.45, 7) is 7.38.